The number of piperidine rings is 1. The number of hydrogen-bond donors (Lipinski definition) is 2. The molecule has 0 amide bonds. The van der Waals surface area contributed by atoms with Crippen LogP contribution in [0.1, 0.15) is 43.8 Å². The molecule has 6 nitrogen and oxygen atoms in total. The normalized spacial score (nSPS) is 19.4. The molecule has 1 aromatic carbocycles. The minimum Gasteiger partial charge on any atom is -0.495 e. The molecule has 3 aromatic rings. The zero-order valence-electron chi connectivity index (χ0n) is 20.4. The van der Waals surface area contributed by atoms with Crippen LogP contribution >= 0.6 is 23.1 Å². The van der Waals surface area contributed by atoms with E-state index in [2.05, 4.69) is 27.4 Å². The first-order valence-corrected chi connectivity index (χ1v) is 14.2. The third-order valence-electron chi connectivity index (χ3n) is 7.06. The zero-order valence-corrected chi connectivity index (χ0v) is 22.1. The summed E-state index contributed by atoms with van der Waals surface area (Å²) in [6, 6.07) is 8.86. The van der Waals surface area contributed by atoms with Crippen LogP contribution in [-0.4, -0.2) is 58.6 Å². The van der Waals surface area contributed by atoms with Gasteiger partial charge in [-0.1, -0.05) is 6.07 Å². The van der Waals surface area contributed by atoms with Crippen LogP contribution < -0.4 is 4.74 Å². The van der Waals surface area contributed by atoms with Crippen molar-refractivity contribution in [3.63, 3.8) is 0 Å². The van der Waals surface area contributed by atoms with E-state index in [0.717, 1.165) is 38.2 Å². The lowest BCUT2D eigenvalue weighted by Gasteiger charge is -2.39. The number of thioether (sulfide) groups is 1. The molecule has 1 saturated heterocycles. The summed E-state index contributed by atoms with van der Waals surface area (Å²) in [7, 11) is 1.53. The number of ether oxygens (including phenoxy) is 1. The van der Waals surface area contributed by atoms with E-state index in [9.17, 15) is 19.4 Å². The van der Waals surface area contributed by atoms with Crippen LogP contribution in [0, 0.1) is 17.7 Å². The number of carboxylic acid groups (broad SMARTS) is 1. The molecule has 9 heteroatoms. The molecule has 2 N–H and O–H groups in total. The molecule has 1 aliphatic heterocycles. The van der Waals surface area contributed by atoms with Crippen molar-refractivity contribution in [2.24, 2.45) is 11.8 Å². The van der Waals surface area contributed by atoms with Crippen LogP contribution in [0.5, 0.6) is 5.75 Å². The number of carboxylic acids is 1. The van der Waals surface area contributed by atoms with Crippen molar-refractivity contribution in [1.82, 2.24) is 9.88 Å². The molecule has 0 bridgehead atoms. The molecule has 4 rings (SSSR count). The number of carbonyl (C=O) groups is 1. The van der Waals surface area contributed by atoms with E-state index in [0.29, 0.717) is 35.4 Å². The molecule has 0 aliphatic carbocycles. The number of fused-ring (bicyclic) bond motifs is 1. The molecule has 36 heavy (non-hydrogen) atoms. The van der Waals surface area contributed by atoms with E-state index in [4.69, 9.17) is 4.74 Å². The highest BCUT2D eigenvalue weighted by atomic mass is 32.2. The monoisotopic (exact) mass is 532 g/mol. The Hall–Kier alpha value is -2.20. The highest BCUT2D eigenvalue weighted by Gasteiger charge is 2.30. The van der Waals surface area contributed by atoms with Crippen molar-refractivity contribution < 1.29 is 24.1 Å². The summed E-state index contributed by atoms with van der Waals surface area (Å²) < 4.78 is 21.4. The maximum Gasteiger partial charge on any atom is 0.303 e. The van der Waals surface area contributed by atoms with Crippen LogP contribution in [0.4, 0.5) is 4.39 Å². The predicted molar refractivity (Wildman–Crippen MR) is 142 cm³/mol. The summed E-state index contributed by atoms with van der Waals surface area (Å²) >= 11 is 3.61. The molecule has 1 aliphatic rings. The predicted octanol–water partition coefficient (Wildman–Crippen LogP) is 5.85. The Kier molecular flexibility index (Phi) is 9.59. The topological polar surface area (TPSA) is 82.9 Å². The van der Waals surface area contributed by atoms with Crippen LogP contribution in [-0.2, 0) is 4.79 Å². The molecule has 1 fully saturated rings. The summed E-state index contributed by atoms with van der Waals surface area (Å²) in [6.07, 6.45) is 3.46. The number of nitrogens with zero attached hydrogens (tertiary/aromatic N) is 2. The lowest BCUT2D eigenvalue weighted by molar-refractivity contribution is -0.137. The molecule has 3 heterocycles. The van der Waals surface area contributed by atoms with Gasteiger partial charge in [0.25, 0.3) is 0 Å². The molecule has 2 aromatic heterocycles. The first-order valence-electron chi connectivity index (χ1n) is 12.3. The number of methoxy groups -OCH3 is 1. The minimum absolute atomic E-state index is 0.144. The molecule has 1 unspecified atom stereocenters. The number of pyridine rings is 1. The Bertz CT molecular complexity index is 1140. The Morgan fingerprint density at radius 1 is 1.33 bits per heavy atom. The van der Waals surface area contributed by atoms with Crippen LogP contribution in [0.2, 0.25) is 0 Å². The Morgan fingerprint density at radius 2 is 2.19 bits per heavy atom. The van der Waals surface area contributed by atoms with E-state index in [1.807, 2.05) is 11.8 Å². The summed E-state index contributed by atoms with van der Waals surface area (Å²) in [5.41, 5.74) is 0.864. The van der Waals surface area contributed by atoms with Gasteiger partial charge in [0.15, 0.2) is 0 Å². The number of benzene rings is 1. The van der Waals surface area contributed by atoms with E-state index in [1.54, 1.807) is 29.7 Å². The largest absolute Gasteiger partial charge is 0.495 e. The first kappa shape index (κ1) is 26.9. The van der Waals surface area contributed by atoms with Crippen molar-refractivity contribution in [3.05, 3.63) is 53.3 Å². The van der Waals surface area contributed by atoms with Gasteiger partial charge >= 0.3 is 5.97 Å². The van der Waals surface area contributed by atoms with E-state index >= 15 is 0 Å². The Labute approximate surface area is 219 Å². The van der Waals surface area contributed by atoms with Crippen LogP contribution in [0.15, 0.2) is 46.1 Å². The average molecular weight is 533 g/mol. The van der Waals surface area contributed by atoms with Gasteiger partial charge in [0.1, 0.15) is 11.6 Å². The number of thiophene rings is 1. The molecule has 194 valence electrons. The highest BCUT2D eigenvalue weighted by molar-refractivity contribution is 8.01. The number of rotatable bonds is 12. The fourth-order valence-electron chi connectivity index (χ4n) is 5.14. The number of aliphatic hydroxyl groups is 1. The van der Waals surface area contributed by atoms with Crippen molar-refractivity contribution >= 4 is 40.0 Å². The molecule has 0 saturated carbocycles. The molecule has 3 atom stereocenters. The van der Waals surface area contributed by atoms with Crippen molar-refractivity contribution in [2.75, 3.05) is 32.5 Å². The molecular weight excluding hydrogens is 499 g/mol. The number of hydrogen-bond acceptors (Lipinski definition) is 7. The highest BCUT2D eigenvalue weighted by Crippen LogP contribution is 2.36. The second kappa shape index (κ2) is 12.9. The maximum absolute atomic E-state index is 14.8. The second-order valence-electron chi connectivity index (χ2n) is 9.32. The lowest BCUT2D eigenvalue weighted by Crippen LogP contribution is -2.41. The average Bonchev–Trinajstić information content (AvgIpc) is 3.39. The van der Waals surface area contributed by atoms with Crippen LogP contribution in [0.3, 0.4) is 0 Å². The molecule has 0 spiro atoms. The number of aromatic nitrogens is 1. The second-order valence-corrected chi connectivity index (χ2v) is 11.7. The fourth-order valence-corrected chi connectivity index (χ4v) is 7.00. The van der Waals surface area contributed by atoms with Gasteiger partial charge in [0.05, 0.1) is 29.1 Å². The lowest BCUT2D eigenvalue weighted by atomic mass is 9.79. The van der Waals surface area contributed by atoms with Crippen molar-refractivity contribution in [2.45, 2.75) is 42.4 Å². The van der Waals surface area contributed by atoms with E-state index < -0.39 is 17.9 Å². The van der Waals surface area contributed by atoms with Gasteiger partial charge in [0.2, 0.25) is 0 Å². The van der Waals surface area contributed by atoms with Crippen LogP contribution in [0.25, 0.3) is 10.9 Å². The number of aliphatic carboxylic acids is 1. The molecular formula is C27H33FN2O4S2. The first-order chi connectivity index (χ1) is 17.4. The Balaban J connectivity index is 1.39. The quantitative estimate of drug-likeness (QED) is 0.283. The third kappa shape index (κ3) is 6.97. The number of aliphatic hydroxyl groups excluding tert-OH is 1. The van der Waals surface area contributed by atoms with Gasteiger partial charge < -0.3 is 19.8 Å². The van der Waals surface area contributed by atoms with Gasteiger partial charge in [-0.05, 0) is 73.7 Å². The molecule has 0 radical (unpaired) electrons. The van der Waals surface area contributed by atoms with Crippen molar-refractivity contribution in [1.29, 1.82) is 0 Å². The SMILES string of the molecule is COc1cnc2ccc(F)c(C(O)CC[C@@H]3CCN(CCSc4cccs4)C[C@@H]3CCC(=O)O)c2c1. The van der Waals surface area contributed by atoms with Crippen molar-refractivity contribution in [3.8, 4) is 5.75 Å². The van der Waals surface area contributed by atoms with E-state index in [1.165, 1.54) is 17.4 Å². The smallest absolute Gasteiger partial charge is 0.303 e. The number of halogens is 1. The van der Waals surface area contributed by atoms with Gasteiger partial charge in [-0.25, -0.2) is 4.39 Å². The summed E-state index contributed by atoms with van der Waals surface area (Å²) in [5, 5.41) is 23.0. The summed E-state index contributed by atoms with van der Waals surface area (Å²) in [5.74, 6) is 0.829. The summed E-state index contributed by atoms with van der Waals surface area (Å²) in [4.78, 5) is 18.0. The third-order valence-corrected chi connectivity index (χ3v) is 9.17. The number of likely N-dealkylation sites (tertiary alicyclic amines) is 1. The van der Waals surface area contributed by atoms with Gasteiger partial charge in [0, 0.05) is 36.2 Å². The minimum atomic E-state index is -0.969. The zero-order chi connectivity index (χ0) is 25.5. The van der Waals surface area contributed by atoms with Gasteiger partial charge in [-0.2, -0.15) is 0 Å². The summed E-state index contributed by atoms with van der Waals surface area (Å²) in [6.45, 7) is 2.79. The maximum atomic E-state index is 14.8. The van der Waals surface area contributed by atoms with Gasteiger partial charge in [-0.15, -0.1) is 23.1 Å². The van der Waals surface area contributed by atoms with E-state index in [-0.39, 0.29) is 17.9 Å². The fraction of sp³-hybridized carbons (Fsp3) is 0.481. The standard InChI is InChI=1S/C27H33FN2O4S2/c1-34-20-15-21-23(29-16-20)7-6-22(28)27(21)24(31)8-4-18-10-11-30(17-19(18)5-9-25(32)33)12-14-36-26-3-2-13-35-26/h2-3,6-7,13,15-16,18-19,24,31H,4-5,8-12,14,17H2,1H3,(H,32,33)/t18-,19+,24?/m1/s1. The Morgan fingerprint density at radius 3 is 2.94 bits per heavy atom. The van der Waals surface area contributed by atoms with Gasteiger partial charge in [-0.3, -0.25) is 9.78 Å².